The van der Waals surface area contributed by atoms with E-state index in [0.29, 0.717) is 0 Å². The molecule has 2 N–H and O–H groups in total. The van der Waals surface area contributed by atoms with E-state index in [1.807, 2.05) is 0 Å². The molecule has 0 unspecified atom stereocenters. The first-order chi connectivity index (χ1) is 14.1. The average molecular weight is 387 g/mol. The Hall–Kier alpha value is -3.28. The van der Waals surface area contributed by atoms with Gasteiger partial charge in [0.15, 0.2) is 0 Å². The molecule has 0 atom stereocenters. The predicted molar refractivity (Wildman–Crippen MR) is 119 cm³/mol. The van der Waals surface area contributed by atoms with Gasteiger partial charge in [0, 0.05) is 41.5 Å². The molecule has 6 heteroatoms. The average Bonchev–Trinajstić information content (AvgIpc) is 3.43. The highest BCUT2D eigenvalue weighted by Gasteiger charge is 2.18. The van der Waals surface area contributed by atoms with E-state index in [9.17, 15) is 0 Å². The zero-order chi connectivity index (χ0) is 20.0. The third kappa shape index (κ3) is 3.24. The first kappa shape index (κ1) is 17.8. The van der Waals surface area contributed by atoms with Gasteiger partial charge in [0.05, 0.1) is 5.39 Å². The normalized spacial score (nSPS) is 14.1. The van der Waals surface area contributed by atoms with E-state index in [1.165, 1.54) is 29.9 Å². The number of aromatic amines is 1. The van der Waals surface area contributed by atoms with Gasteiger partial charge in [-0.1, -0.05) is 0 Å². The number of benzene rings is 1. The Morgan fingerprint density at radius 1 is 0.897 bits per heavy atom. The van der Waals surface area contributed by atoms with Crippen molar-refractivity contribution in [1.29, 1.82) is 0 Å². The van der Waals surface area contributed by atoms with Crippen molar-refractivity contribution in [3.8, 4) is 5.69 Å². The molecule has 1 fully saturated rings. The van der Waals surface area contributed by atoms with Crippen LogP contribution in [0.25, 0.3) is 16.7 Å². The standard InChI is InChI=1S/C23H26N6/c1-15-14-20-21(24-15)26-23(28-12-4-5-13-28)27-22(20)25-18-8-10-19(11-9-18)29-16(2)6-7-17(29)3/h6-11,14H,4-5,12-13H2,1-3H3,(H2,24,25,26,27). The Labute approximate surface area is 170 Å². The number of anilines is 3. The smallest absolute Gasteiger partial charge is 0.229 e. The van der Waals surface area contributed by atoms with E-state index in [2.05, 4.69) is 83.0 Å². The lowest BCUT2D eigenvalue weighted by Crippen LogP contribution is -2.20. The number of aryl methyl sites for hydroxylation is 3. The molecule has 6 nitrogen and oxygen atoms in total. The van der Waals surface area contributed by atoms with Crippen LogP contribution < -0.4 is 10.2 Å². The quantitative estimate of drug-likeness (QED) is 0.517. The van der Waals surface area contributed by atoms with E-state index in [4.69, 9.17) is 9.97 Å². The maximum atomic E-state index is 4.87. The van der Waals surface area contributed by atoms with Gasteiger partial charge in [-0.2, -0.15) is 9.97 Å². The molecule has 0 spiro atoms. The minimum atomic E-state index is 0.801. The number of nitrogens with one attached hydrogen (secondary N) is 2. The Kier molecular flexibility index (Phi) is 4.27. The third-order valence-corrected chi connectivity index (χ3v) is 5.66. The maximum absolute atomic E-state index is 4.87. The fourth-order valence-corrected chi connectivity index (χ4v) is 4.19. The van der Waals surface area contributed by atoms with Crippen molar-refractivity contribution in [2.45, 2.75) is 33.6 Å². The highest BCUT2D eigenvalue weighted by atomic mass is 15.3. The second kappa shape index (κ2) is 6.95. The first-order valence-electron chi connectivity index (χ1n) is 10.2. The number of nitrogens with zero attached hydrogens (tertiary/aromatic N) is 4. The number of H-pyrrole nitrogens is 1. The lowest BCUT2D eigenvalue weighted by molar-refractivity contribution is 0.906. The maximum Gasteiger partial charge on any atom is 0.229 e. The zero-order valence-corrected chi connectivity index (χ0v) is 17.2. The molecule has 1 aliphatic heterocycles. The Morgan fingerprint density at radius 3 is 2.28 bits per heavy atom. The molecule has 0 radical (unpaired) electrons. The second-order valence-corrected chi connectivity index (χ2v) is 7.90. The fourth-order valence-electron chi connectivity index (χ4n) is 4.19. The minimum absolute atomic E-state index is 0.801. The molecule has 0 bridgehead atoms. The molecular formula is C23H26N6. The van der Waals surface area contributed by atoms with Crippen LogP contribution in [0.1, 0.15) is 29.9 Å². The largest absolute Gasteiger partial charge is 0.343 e. The van der Waals surface area contributed by atoms with Gasteiger partial charge in [-0.3, -0.25) is 0 Å². The van der Waals surface area contributed by atoms with Crippen molar-refractivity contribution >= 4 is 28.5 Å². The summed E-state index contributed by atoms with van der Waals surface area (Å²) >= 11 is 0. The number of hydrogen-bond donors (Lipinski definition) is 2. The predicted octanol–water partition coefficient (Wildman–Crippen LogP) is 5.02. The minimum Gasteiger partial charge on any atom is -0.343 e. The molecule has 3 aromatic heterocycles. The van der Waals surface area contributed by atoms with Gasteiger partial charge in [-0.05, 0) is 76.1 Å². The Bertz CT molecular complexity index is 1140. The summed E-state index contributed by atoms with van der Waals surface area (Å²) in [6, 6.07) is 14.9. The topological polar surface area (TPSA) is 61.8 Å². The van der Waals surface area contributed by atoms with Crippen molar-refractivity contribution in [1.82, 2.24) is 19.5 Å². The van der Waals surface area contributed by atoms with Crippen molar-refractivity contribution in [3.05, 3.63) is 59.5 Å². The highest BCUT2D eigenvalue weighted by molar-refractivity contribution is 5.90. The number of aromatic nitrogens is 4. The zero-order valence-electron chi connectivity index (χ0n) is 17.2. The van der Waals surface area contributed by atoms with E-state index in [-0.39, 0.29) is 0 Å². The fraction of sp³-hybridized carbons (Fsp3) is 0.304. The van der Waals surface area contributed by atoms with Crippen LogP contribution in [-0.2, 0) is 0 Å². The molecule has 1 aliphatic rings. The van der Waals surface area contributed by atoms with Crippen LogP contribution in [0, 0.1) is 20.8 Å². The van der Waals surface area contributed by atoms with Gasteiger partial charge in [0.2, 0.25) is 5.95 Å². The van der Waals surface area contributed by atoms with Crippen molar-refractivity contribution in [2.24, 2.45) is 0 Å². The highest BCUT2D eigenvalue weighted by Crippen LogP contribution is 2.29. The summed E-state index contributed by atoms with van der Waals surface area (Å²) in [6.07, 6.45) is 2.40. The van der Waals surface area contributed by atoms with Crippen LogP contribution in [0.15, 0.2) is 42.5 Å². The molecule has 4 heterocycles. The second-order valence-electron chi connectivity index (χ2n) is 7.90. The van der Waals surface area contributed by atoms with Gasteiger partial charge in [-0.25, -0.2) is 0 Å². The monoisotopic (exact) mass is 386 g/mol. The van der Waals surface area contributed by atoms with Gasteiger partial charge in [-0.15, -0.1) is 0 Å². The summed E-state index contributed by atoms with van der Waals surface area (Å²) in [7, 11) is 0. The van der Waals surface area contributed by atoms with Gasteiger partial charge >= 0.3 is 0 Å². The number of rotatable bonds is 4. The molecule has 1 saturated heterocycles. The van der Waals surface area contributed by atoms with Crippen LogP contribution >= 0.6 is 0 Å². The van der Waals surface area contributed by atoms with Crippen LogP contribution in [0.5, 0.6) is 0 Å². The molecule has 0 saturated carbocycles. The first-order valence-corrected chi connectivity index (χ1v) is 10.2. The van der Waals surface area contributed by atoms with Gasteiger partial charge in [0.25, 0.3) is 0 Å². The molecule has 0 amide bonds. The summed E-state index contributed by atoms with van der Waals surface area (Å²) < 4.78 is 2.26. The summed E-state index contributed by atoms with van der Waals surface area (Å²) in [5, 5.41) is 4.54. The van der Waals surface area contributed by atoms with Crippen LogP contribution in [0.4, 0.5) is 17.5 Å². The molecule has 5 rings (SSSR count). The Balaban J connectivity index is 1.49. The van der Waals surface area contributed by atoms with E-state index in [0.717, 1.165) is 47.3 Å². The van der Waals surface area contributed by atoms with Crippen LogP contribution in [0.2, 0.25) is 0 Å². The summed E-state index contributed by atoms with van der Waals surface area (Å²) in [6.45, 7) is 8.36. The summed E-state index contributed by atoms with van der Waals surface area (Å²) in [5.74, 6) is 1.65. The molecule has 4 aromatic rings. The lowest BCUT2D eigenvalue weighted by Gasteiger charge is -2.17. The molecule has 1 aromatic carbocycles. The number of fused-ring (bicyclic) bond motifs is 1. The van der Waals surface area contributed by atoms with E-state index < -0.39 is 0 Å². The lowest BCUT2D eigenvalue weighted by atomic mass is 10.2. The van der Waals surface area contributed by atoms with Crippen molar-refractivity contribution in [2.75, 3.05) is 23.3 Å². The van der Waals surface area contributed by atoms with Gasteiger partial charge < -0.3 is 19.8 Å². The van der Waals surface area contributed by atoms with E-state index in [1.54, 1.807) is 0 Å². The SMILES string of the molecule is Cc1cc2c(Nc3ccc(-n4c(C)ccc4C)cc3)nc(N3CCCC3)nc2[nH]1. The van der Waals surface area contributed by atoms with Crippen LogP contribution in [-0.4, -0.2) is 32.6 Å². The van der Waals surface area contributed by atoms with E-state index >= 15 is 0 Å². The molecule has 29 heavy (non-hydrogen) atoms. The molecule has 148 valence electrons. The van der Waals surface area contributed by atoms with Crippen molar-refractivity contribution in [3.63, 3.8) is 0 Å². The summed E-state index contributed by atoms with van der Waals surface area (Å²) in [5.41, 5.74) is 6.63. The van der Waals surface area contributed by atoms with Crippen LogP contribution in [0.3, 0.4) is 0 Å². The molecular weight excluding hydrogens is 360 g/mol. The molecule has 0 aliphatic carbocycles. The number of hydrogen-bond acceptors (Lipinski definition) is 4. The third-order valence-electron chi connectivity index (χ3n) is 5.66. The summed E-state index contributed by atoms with van der Waals surface area (Å²) in [4.78, 5) is 15.3. The Morgan fingerprint density at radius 2 is 1.59 bits per heavy atom. The van der Waals surface area contributed by atoms with Crippen molar-refractivity contribution < 1.29 is 0 Å². The van der Waals surface area contributed by atoms with Gasteiger partial charge in [0.1, 0.15) is 11.5 Å².